The van der Waals surface area contributed by atoms with Gasteiger partial charge in [-0.25, -0.2) is 9.78 Å². The monoisotopic (exact) mass is 319 g/mol. The van der Waals surface area contributed by atoms with Gasteiger partial charge in [0.15, 0.2) is 10.8 Å². The number of amides is 1. The first-order valence-electron chi connectivity index (χ1n) is 6.94. The van der Waals surface area contributed by atoms with Gasteiger partial charge in [-0.15, -0.1) is 0 Å². The predicted octanol–water partition coefficient (Wildman–Crippen LogP) is 3.45. The van der Waals surface area contributed by atoms with Crippen molar-refractivity contribution in [1.82, 2.24) is 9.97 Å². The van der Waals surface area contributed by atoms with Gasteiger partial charge in [-0.05, 0) is 38.0 Å². The second kappa shape index (κ2) is 5.66. The highest BCUT2D eigenvalue weighted by atomic mass is 32.1. The first kappa shape index (κ1) is 14.9. The fourth-order valence-electron chi connectivity index (χ4n) is 2.03. The van der Waals surface area contributed by atoms with Crippen LogP contribution in [0.5, 0.6) is 0 Å². The number of nitrogens with one attached hydrogen (secondary N) is 1. The van der Waals surface area contributed by atoms with Crippen LogP contribution in [0.15, 0.2) is 18.3 Å². The minimum absolute atomic E-state index is 0.477. The normalized spacial score (nSPS) is 15.0. The average molecular weight is 319 g/mol. The average Bonchev–Trinajstić information content (AvgIpc) is 3.03. The standard InChI is InChI=1S/C15H17N3O3S/c1-15(2,3)21-14(19)18-13-17-12-11(22-13)6-10(7-16-12)9-4-5-20-8-9/h4,6-7H,5,8H2,1-3H3,(H,16,17,18,19). The number of thiazole rings is 1. The van der Waals surface area contributed by atoms with Gasteiger partial charge < -0.3 is 9.47 Å². The van der Waals surface area contributed by atoms with Crippen LogP contribution in [0.2, 0.25) is 0 Å². The summed E-state index contributed by atoms with van der Waals surface area (Å²) in [5.74, 6) is 0. The number of fused-ring (bicyclic) bond motifs is 1. The first-order valence-corrected chi connectivity index (χ1v) is 7.76. The highest BCUT2D eigenvalue weighted by Crippen LogP contribution is 2.28. The molecule has 116 valence electrons. The van der Waals surface area contributed by atoms with E-state index in [2.05, 4.69) is 15.3 Å². The van der Waals surface area contributed by atoms with E-state index < -0.39 is 11.7 Å². The lowest BCUT2D eigenvalue weighted by molar-refractivity contribution is 0.0636. The van der Waals surface area contributed by atoms with Gasteiger partial charge in [0.25, 0.3) is 0 Å². The Kier molecular flexibility index (Phi) is 3.84. The molecule has 0 atom stereocenters. The summed E-state index contributed by atoms with van der Waals surface area (Å²) in [5, 5.41) is 3.12. The van der Waals surface area contributed by atoms with Crippen molar-refractivity contribution >= 4 is 38.5 Å². The molecule has 0 radical (unpaired) electrons. The van der Waals surface area contributed by atoms with E-state index in [1.807, 2.05) is 32.9 Å². The van der Waals surface area contributed by atoms with Crippen LogP contribution in [-0.4, -0.2) is 34.9 Å². The zero-order chi connectivity index (χ0) is 15.7. The van der Waals surface area contributed by atoms with Gasteiger partial charge in [0.2, 0.25) is 0 Å². The van der Waals surface area contributed by atoms with E-state index in [1.165, 1.54) is 11.3 Å². The van der Waals surface area contributed by atoms with Crippen molar-refractivity contribution < 1.29 is 14.3 Å². The molecule has 0 bridgehead atoms. The second-order valence-corrected chi connectivity index (χ2v) is 6.97. The summed E-state index contributed by atoms with van der Waals surface area (Å²) >= 11 is 1.37. The van der Waals surface area contributed by atoms with E-state index in [0.29, 0.717) is 24.0 Å². The second-order valence-electron chi connectivity index (χ2n) is 5.94. The Morgan fingerprint density at radius 1 is 1.45 bits per heavy atom. The number of rotatable bonds is 2. The molecule has 1 N–H and O–H groups in total. The van der Waals surface area contributed by atoms with Crippen molar-refractivity contribution in [3.05, 3.63) is 23.9 Å². The van der Waals surface area contributed by atoms with E-state index in [0.717, 1.165) is 15.8 Å². The lowest BCUT2D eigenvalue weighted by Gasteiger charge is -2.18. The molecular formula is C15H17N3O3S. The molecule has 22 heavy (non-hydrogen) atoms. The number of nitrogens with zero attached hydrogens (tertiary/aromatic N) is 2. The Balaban J connectivity index is 1.79. The topological polar surface area (TPSA) is 73.3 Å². The Labute approximate surface area is 132 Å². The summed E-state index contributed by atoms with van der Waals surface area (Å²) < 4.78 is 11.4. The molecule has 1 aliphatic heterocycles. The molecular weight excluding hydrogens is 302 g/mol. The SMILES string of the molecule is CC(C)(C)OC(=O)Nc1nc2ncc(C3=CCOC3)cc2s1. The van der Waals surface area contributed by atoms with Crippen LogP contribution < -0.4 is 5.32 Å². The van der Waals surface area contributed by atoms with E-state index in [1.54, 1.807) is 6.20 Å². The summed E-state index contributed by atoms with van der Waals surface area (Å²) in [6.45, 7) is 6.69. The van der Waals surface area contributed by atoms with Crippen LogP contribution in [0, 0.1) is 0 Å². The lowest BCUT2D eigenvalue weighted by atomic mass is 10.1. The summed E-state index contributed by atoms with van der Waals surface area (Å²) in [7, 11) is 0. The molecule has 0 aliphatic carbocycles. The van der Waals surface area contributed by atoms with Crippen molar-refractivity contribution in [3.63, 3.8) is 0 Å². The number of aromatic nitrogens is 2. The molecule has 0 unspecified atom stereocenters. The first-order chi connectivity index (χ1) is 10.4. The van der Waals surface area contributed by atoms with Gasteiger partial charge in [0.1, 0.15) is 5.60 Å². The van der Waals surface area contributed by atoms with E-state index in [-0.39, 0.29) is 0 Å². The van der Waals surface area contributed by atoms with Gasteiger partial charge in [-0.3, -0.25) is 5.32 Å². The van der Waals surface area contributed by atoms with Crippen LogP contribution in [0.25, 0.3) is 15.9 Å². The maximum atomic E-state index is 11.8. The van der Waals surface area contributed by atoms with Gasteiger partial charge in [-0.2, -0.15) is 4.98 Å². The smallest absolute Gasteiger partial charge is 0.413 e. The Morgan fingerprint density at radius 2 is 2.27 bits per heavy atom. The number of carbonyl (C=O) groups is 1. The molecule has 0 aromatic carbocycles. The Hall–Kier alpha value is -1.99. The minimum Gasteiger partial charge on any atom is -0.444 e. The van der Waals surface area contributed by atoms with Crippen LogP contribution in [0.1, 0.15) is 26.3 Å². The molecule has 3 heterocycles. The maximum Gasteiger partial charge on any atom is 0.413 e. The van der Waals surface area contributed by atoms with Crippen molar-refractivity contribution in [2.75, 3.05) is 18.5 Å². The van der Waals surface area contributed by atoms with Crippen LogP contribution in [-0.2, 0) is 9.47 Å². The summed E-state index contributed by atoms with van der Waals surface area (Å²) in [5.41, 5.74) is 2.22. The largest absolute Gasteiger partial charge is 0.444 e. The van der Waals surface area contributed by atoms with Gasteiger partial charge in [0, 0.05) is 6.20 Å². The number of hydrogen-bond donors (Lipinski definition) is 1. The molecule has 2 aromatic heterocycles. The fraction of sp³-hybridized carbons (Fsp3) is 0.400. The van der Waals surface area contributed by atoms with Crippen LogP contribution >= 0.6 is 11.3 Å². The van der Waals surface area contributed by atoms with E-state index >= 15 is 0 Å². The molecule has 0 fully saturated rings. The van der Waals surface area contributed by atoms with Crippen molar-refractivity contribution in [1.29, 1.82) is 0 Å². The third-order valence-electron chi connectivity index (χ3n) is 2.93. The molecule has 0 saturated heterocycles. The van der Waals surface area contributed by atoms with Crippen molar-refractivity contribution in [3.8, 4) is 0 Å². The molecule has 7 heteroatoms. The zero-order valence-electron chi connectivity index (χ0n) is 12.7. The van der Waals surface area contributed by atoms with Crippen molar-refractivity contribution in [2.24, 2.45) is 0 Å². The molecule has 1 amide bonds. The molecule has 3 rings (SSSR count). The third kappa shape index (κ3) is 3.42. The number of pyridine rings is 1. The quantitative estimate of drug-likeness (QED) is 0.917. The van der Waals surface area contributed by atoms with Gasteiger partial charge >= 0.3 is 6.09 Å². The number of ether oxygens (including phenoxy) is 2. The highest BCUT2D eigenvalue weighted by molar-refractivity contribution is 7.22. The molecule has 0 saturated carbocycles. The Bertz CT molecular complexity index is 746. The maximum absolute atomic E-state index is 11.8. The van der Waals surface area contributed by atoms with Crippen molar-refractivity contribution in [2.45, 2.75) is 26.4 Å². The minimum atomic E-state index is -0.541. The van der Waals surface area contributed by atoms with E-state index in [4.69, 9.17) is 9.47 Å². The third-order valence-corrected chi connectivity index (χ3v) is 3.84. The summed E-state index contributed by atoms with van der Waals surface area (Å²) in [6, 6.07) is 2.01. The summed E-state index contributed by atoms with van der Waals surface area (Å²) in [4.78, 5) is 20.4. The number of carbonyl (C=O) groups excluding carboxylic acids is 1. The molecule has 0 spiro atoms. The van der Waals surface area contributed by atoms with Gasteiger partial charge in [0.05, 0.1) is 17.9 Å². The van der Waals surface area contributed by atoms with Crippen LogP contribution in [0.4, 0.5) is 9.93 Å². The molecule has 1 aliphatic rings. The zero-order valence-corrected chi connectivity index (χ0v) is 13.5. The molecule has 6 nitrogen and oxygen atoms in total. The highest BCUT2D eigenvalue weighted by Gasteiger charge is 2.18. The van der Waals surface area contributed by atoms with E-state index in [9.17, 15) is 4.79 Å². The predicted molar refractivity (Wildman–Crippen MR) is 86.1 cm³/mol. The van der Waals surface area contributed by atoms with Gasteiger partial charge in [-0.1, -0.05) is 17.4 Å². The summed E-state index contributed by atoms with van der Waals surface area (Å²) in [6.07, 6.45) is 3.31. The number of anilines is 1. The lowest BCUT2D eigenvalue weighted by Crippen LogP contribution is -2.27. The van der Waals surface area contributed by atoms with Crippen LogP contribution in [0.3, 0.4) is 0 Å². The Morgan fingerprint density at radius 3 is 2.95 bits per heavy atom. The fourth-order valence-corrected chi connectivity index (χ4v) is 2.88. The molecule has 2 aromatic rings. The number of hydrogen-bond acceptors (Lipinski definition) is 6.